The molecule has 2 amide bonds. The highest BCUT2D eigenvalue weighted by atomic mass is 16.6. The number of hydrazone groups is 1. The van der Waals surface area contributed by atoms with Crippen LogP contribution in [0.4, 0.5) is 5.69 Å². The van der Waals surface area contributed by atoms with E-state index in [1.165, 1.54) is 13.1 Å². The van der Waals surface area contributed by atoms with Gasteiger partial charge in [-0.2, -0.15) is 5.10 Å². The van der Waals surface area contributed by atoms with Crippen LogP contribution in [0.1, 0.15) is 29.8 Å². The van der Waals surface area contributed by atoms with Crippen LogP contribution >= 0.6 is 0 Å². The van der Waals surface area contributed by atoms with Crippen LogP contribution in [0.25, 0.3) is 0 Å². The van der Waals surface area contributed by atoms with E-state index in [1.54, 1.807) is 55.5 Å². The second-order valence-electron chi connectivity index (χ2n) is 5.59. The zero-order valence-corrected chi connectivity index (χ0v) is 15.6. The molecule has 146 valence electrons. The monoisotopic (exact) mass is 383 g/mol. The van der Waals surface area contributed by atoms with Crippen LogP contribution in [0.2, 0.25) is 0 Å². The summed E-state index contributed by atoms with van der Waals surface area (Å²) in [5.74, 6) is -0.625. The molecule has 0 atom stereocenters. The second kappa shape index (κ2) is 10.5. The summed E-state index contributed by atoms with van der Waals surface area (Å²) in [4.78, 5) is 34.6. The molecule has 2 aromatic carbocycles. The van der Waals surface area contributed by atoms with Crippen molar-refractivity contribution in [3.8, 4) is 5.75 Å². The van der Waals surface area contributed by atoms with E-state index >= 15 is 0 Å². The lowest BCUT2D eigenvalue weighted by atomic mass is 10.2. The number of nitrogens with zero attached hydrogens (tertiary/aromatic N) is 1. The van der Waals surface area contributed by atoms with Crippen molar-refractivity contribution in [3.63, 3.8) is 0 Å². The van der Waals surface area contributed by atoms with E-state index in [-0.39, 0.29) is 19.1 Å². The molecule has 0 fully saturated rings. The van der Waals surface area contributed by atoms with E-state index in [2.05, 4.69) is 15.8 Å². The Morgan fingerprint density at radius 3 is 2.46 bits per heavy atom. The largest absolute Gasteiger partial charge is 0.481 e. The van der Waals surface area contributed by atoms with Gasteiger partial charge in [0.25, 0.3) is 5.91 Å². The average molecular weight is 383 g/mol. The minimum absolute atomic E-state index is 0.189. The predicted molar refractivity (Wildman–Crippen MR) is 104 cm³/mol. The van der Waals surface area contributed by atoms with E-state index in [4.69, 9.17) is 9.47 Å². The molecule has 0 spiro atoms. The molecule has 8 heteroatoms. The molecule has 0 bridgehead atoms. The molecule has 0 radical (unpaired) electrons. The molecule has 2 N–H and O–H groups in total. The molecular formula is C20H21N3O5. The van der Waals surface area contributed by atoms with Crippen LogP contribution in [0.3, 0.4) is 0 Å². The number of hydrogen-bond donors (Lipinski definition) is 2. The van der Waals surface area contributed by atoms with E-state index < -0.39 is 11.9 Å². The molecule has 2 aromatic rings. The maximum Gasteiger partial charge on any atom is 0.344 e. The van der Waals surface area contributed by atoms with E-state index in [1.807, 2.05) is 0 Å². The zero-order valence-electron chi connectivity index (χ0n) is 15.6. The summed E-state index contributed by atoms with van der Waals surface area (Å²) in [5, 5.41) is 6.54. The number of esters is 1. The van der Waals surface area contributed by atoms with Gasteiger partial charge in [0.15, 0.2) is 6.61 Å². The lowest BCUT2D eigenvalue weighted by Crippen LogP contribution is -2.18. The quantitative estimate of drug-likeness (QED) is 0.413. The van der Waals surface area contributed by atoms with Gasteiger partial charge in [0.05, 0.1) is 12.8 Å². The number of amides is 2. The van der Waals surface area contributed by atoms with Crippen molar-refractivity contribution in [1.29, 1.82) is 0 Å². The van der Waals surface area contributed by atoms with Crippen molar-refractivity contribution < 1.29 is 23.9 Å². The van der Waals surface area contributed by atoms with Crippen molar-refractivity contribution in [1.82, 2.24) is 5.43 Å². The molecule has 0 saturated heterocycles. The second-order valence-corrected chi connectivity index (χ2v) is 5.59. The number of hydrogen-bond acceptors (Lipinski definition) is 6. The molecular weight excluding hydrogens is 362 g/mol. The summed E-state index contributed by atoms with van der Waals surface area (Å²) >= 11 is 0. The van der Waals surface area contributed by atoms with Gasteiger partial charge in [-0.1, -0.05) is 12.1 Å². The molecule has 8 nitrogen and oxygen atoms in total. The highest BCUT2D eigenvalue weighted by Crippen LogP contribution is 2.16. The first-order valence-corrected chi connectivity index (χ1v) is 8.58. The van der Waals surface area contributed by atoms with Crippen molar-refractivity contribution in [2.24, 2.45) is 5.10 Å². The van der Waals surface area contributed by atoms with Gasteiger partial charge in [-0.15, -0.1) is 0 Å². The van der Waals surface area contributed by atoms with Gasteiger partial charge < -0.3 is 14.8 Å². The molecule has 28 heavy (non-hydrogen) atoms. The van der Waals surface area contributed by atoms with Crippen LogP contribution in [-0.2, 0) is 14.3 Å². The summed E-state index contributed by atoms with van der Waals surface area (Å²) in [7, 11) is 0. The highest BCUT2D eigenvalue weighted by molar-refractivity contribution is 5.96. The molecule has 0 aromatic heterocycles. The molecule has 0 heterocycles. The Hall–Kier alpha value is -3.68. The normalized spacial score (nSPS) is 10.4. The summed E-state index contributed by atoms with van der Waals surface area (Å²) in [6.07, 6.45) is 1.42. The summed E-state index contributed by atoms with van der Waals surface area (Å²) in [5.41, 5.74) is 3.99. The fourth-order valence-corrected chi connectivity index (χ4v) is 2.19. The van der Waals surface area contributed by atoms with Crippen LogP contribution in [-0.4, -0.2) is 37.2 Å². The third-order valence-electron chi connectivity index (χ3n) is 3.41. The third-order valence-corrected chi connectivity index (χ3v) is 3.41. The first-order valence-electron chi connectivity index (χ1n) is 8.58. The SMILES string of the molecule is CCOC(=O)COc1ccccc1C=NNC(=O)c1ccc(NC(C)=O)cc1. The smallest absolute Gasteiger partial charge is 0.344 e. The summed E-state index contributed by atoms with van der Waals surface area (Å²) in [6.45, 7) is 3.19. The lowest BCUT2D eigenvalue weighted by Gasteiger charge is -2.08. The number of benzene rings is 2. The Morgan fingerprint density at radius 2 is 1.79 bits per heavy atom. The number of ether oxygens (including phenoxy) is 2. The van der Waals surface area contributed by atoms with Gasteiger partial charge in [-0.3, -0.25) is 9.59 Å². The number of para-hydroxylation sites is 1. The van der Waals surface area contributed by atoms with Crippen LogP contribution in [0.5, 0.6) is 5.75 Å². The highest BCUT2D eigenvalue weighted by Gasteiger charge is 2.07. The fourth-order valence-electron chi connectivity index (χ4n) is 2.19. The maximum absolute atomic E-state index is 12.1. The van der Waals surface area contributed by atoms with Gasteiger partial charge >= 0.3 is 5.97 Å². The minimum atomic E-state index is -0.467. The van der Waals surface area contributed by atoms with Gasteiger partial charge in [-0.25, -0.2) is 10.2 Å². The maximum atomic E-state index is 12.1. The van der Waals surface area contributed by atoms with Crippen LogP contribution < -0.4 is 15.5 Å². The standard InChI is InChI=1S/C20H21N3O5/c1-3-27-19(25)13-28-18-7-5-4-6-16(18)12-21-23-20(26)15-8-10-17(11-9-15)22-14(2)24/h4-12H,3,13H2,1-2H3,(H,22,24)(H,23,26). The van der Waals surface area contributed by atoms with Crippen LogP contribution in [0.15, 0.2) is 53.6 Å². The van der Waals surface area contributed by atoms with E-state index in [9.17, 15) is 14.4 Å². The van der Waals surface area contributed by atoms with Gasteiger partial charge in [0.1, 0.15) is 5.75 Å². The summed E-state index contributed by atoms with van der Waals surface area (Å²) < 4.78 is 10.2. The topological polar surface area (TPSA) is 106 Å². The number of carbonyl (C=O) groups is 3. The van der Waals surface area contributed by atoms with Gasteiger partial charge in [0.2, 0.25) is 5.91 Å². The molecule has 0 saturated carbocycles. The third kappa shape index (κ3) is 6.56. The first-order chi connectivity index (χ1) is 13.5. The number of anilines is 1. The van der Waals surface area contributed by atoms with Gasteiger partial charge in [-0.05, 0) is 43.3 Å². The van der Waals surface area contributed by atoms with Crippen molar-refractivity contribution >= 4 is 29.7 Å². The lowest BCUT2D eigenvalue weighted by molar-refractivity contribution is -0.145. The molecule has 0 unspecified atom stereocenters. The predicted octanol–water partition coefficient (Wildman–Crippen LogP) is 2.35. The Labute approximate surface area is 162 Å². The average Bonchev–Trinajstić information content (AvgIpc) is 2.67. The first kappa shape index (κ1) is 20.6. The molecule has 0 aliphatic carbocycles. The Bertz CT molecular complexity index is 862. The van der Waals surface area contributed by atoms with Crippen molar-refractivity contribution in [2.75, 3.05) is 18.5 Å². The molecule has 0 aliphatic rings. The Morgan fingerprint density at radius 1 is 1.07 bits per heavy atom. The van der Waals surface area contributed by atoms with Gasteiger partial charge in [0, 0.05) is 23.7 Å². The van der Waals surface area contributed by atoms with Crippen molar-refractivity contribution in [3.05, 3.63) is 59.7 Å². The summed E-state index contributed by atoms with van der Waals surface area (Å²) in [6, 6.07) is 13.4. The number of rotatable bonds is 8. The van der Waals surface area contributed by atoms with E-state index in [0.717, 1.165) is 0 Å². The number of nitrogens with one attached hydrogen (secondary N) is 2. The van der Waals surface area contributed by atoms with E-state index in [0.29, 0.717) is 22.6 Å². The zero-order chi connectivity index (χ0) is 20.4. The molecule has 0 aliphatic heterocycles. The molecule has 2 rings (SSSR count). The van der Waals surface area contributed by atoms with Crippen LogP contribution in [0, 0.1) is 0 Å². The Kier molecular flexibility index (Phi) is 7.71. The fraction of sp³-hybridized carbons (Fsp3) is 0.200. The minimum Gasteiger partial charge on any atom is -0.481 e. The number of carbonyl (C=O) groups excluding carboxylic acids is 3. The Balaban J connectivity index is 1.95. The van der Waals surface area contributed by atoms with Crippen molar-refractivity contribution in [2.45, 2.75) is 13.8 Å².